The van der Waals surface area contributed by atoms with E-state index in [4.69, 9.17) is 19.9 Å². The second kappa shape index (κ2) is 6.95. The zero-order valence-corrected chi connectivity index (χ0v) is 14.1. The molecule has 0 saturated carbocycles. The van der Waals surface area contributed by atoms with Gasteiger partial charge in [0.2, 0.25) is 11.9 Å². The average molecular weight is 342 g/mol. The van der Waals surface area contributed by atoms with Crippen molar-refractivity contribution in [3.8, 4) is 23.1 Å². The number of pyridine rings is 1. The molecule has 0 aliphatic heterocycles. The van der Waals surface area contributed by atoms with Crippen LogP contribution in [-0.2, 0) is 0 Å². The first kappa shape index (κ1) is 16.4. The monoisotopic (exact) mass is 342 g/mol. The fourth-order valence-corrected chi connectivity index (χ4v) is 2.27. The van der Waals surface area contributed by atoms with Crippen LogP contribution in [-0.4, -0.2) is 41.1 Å². The topological polar surface area (TPSA) is 109 Å². The Morgan fingerprint density at radius 2 is 1.72 bits per heavy atom. The second-order valence-electron chi connectivity index (χ2n) is 4.93. The predicted molar refractivity (Wildman–Crippen MR) is 92.9 cm³/mol. The zero-order valence-electron chi connectivity index (χ0n) is 14.1. The summed E-state index contributed by atoms with van der Waals surface area (Å²) in [5, 5.41) is 7.40. The maximum Gasteiger partial charge on any atom is 0.249 e. The molecule has 9 nitrogen and oxygen atoms in total. The van der Waals surface area contributed by atoms with Crippen LogP contribution in [0, 0.1) is 0 Å². The van der Waals surface area contributed by atoms with Crippen LogP contribution >= 0.6 is 0 Å². The van der Waals surface area contributed by atoms with Crippen molar-refractivity contribution < 1.29 is 14.2 Å². The van der Waals surface area contributed by atoms with Crippen LogP contribution < -0.4 is 25.3 Å². The molecule has 130 valence electrons. The number of hydrogen-bond donors (Lipinski definition) is 2. The number of hydrogen-bond acceptors (Lipinski definition) is 8. The summed E-state index contributed by atoms with van der Waals surface area (Å²) in [5.74, 6) is 2.72. The van der Waals surface area contributed by atoms with Gasteiger partial charge in [-0.1, -0.05) is 6.07 Å². The Morgan fingerprint density at radius 3 is 2.36 bits per heavy atom. The number of nitrogens with zero attached hydrogens (tertiary/aromatic N) is 4. The summed E-state index contributed by atoms with van der Waals surface area (Å²) >= 11 is 0. The van der Waals surface area contributed by atoms with Gasteiger partial charge in [-0.25, -0.2) is 4.98 Å². The number of methoxy groups -OCH3 is 3. The summed E-state index contributed by atoms with van der Waals surface area (Å²) in [4.78, 5) is 8.41. The van der Waals surface area contributed by atoms with Gasteiger partial charge in [0.25, 0.3) is 0 Å². The molecule has 2 heterocycles. The maximum absolute atomic E-state index is 5.93. The van der Waals surface area contributed by atoms with Gasteiger partial charge in [-0.2, -0.15) is 9.67 Å². The standard InChI is InChI=1S/C16H18N6O3/c1-23-11-9-13(25-3)12(24-2)8-10(11)19-16-20-15(17)22(21-16)14-6-4-5-7-18-14/h4-9H,1-3H3,(H3,17,19,20,21). The van der Waals surface area contributed by atoms with E-state index in [0.29, 0.717) is 34.7 Å². The number of rotatable bonds is 6. The first-order valence-electron chi connectivity index (χ1n) is 7.37. The lowest BCUT2D eigenvalue weighted by Crippen LogP contribution is -2.04. The van der Waals surface area contributed by atoms with Crippen LogP contribution in [0.2, 0.25) is 0 Å². The van der Waals surface area contributed by atoms with Crippen molar-refractivity contribution in [2.24, 2.45) is 0 Å². The molecule has 9 heteroatoms. The molecule has 0 atom stereocenters. The van der Waals surface area contributed by atoms with Gasteiger partial charge in [0.05, 0.1) is 27.0 Å². The molecule has 0 fully saturated rings. The molecule has 25 heavy (non-hydrogen) atoms. The molecular formula is C16H18N6O3. The third-order valence-corrected chi connectivity index (χ3v) is 3.45. The van der Waals surface area contributed by atoms with E-state index < -0.39 is 0 Å². The lowest BCUT2D eigenvalue weighted by molar-refractivity contribution is 0.349. The van der Waals surface area contributed by atoms with E-state index in [9.17, 15) is 0 Å². The first-order chi connectivity index (χ1) is 12.2. The molecule has 0 bridgehead atoms. The Hall–Kier alpha value is -3.49. The predicted octanol–water partition coefficient (Wildman–Crippen LogP) is 2.01. The molecule has 3 rings (SSSR count). The van der Waals surface area contributed by atoms with Gasteiger partial charge in [0.15, 0.2) is 17.3 Å². The van der Waals surface area contributed by atoms with Crippen molar-refractivity contribution in [1.82, 2.24) is 19.7 Å². The third-order valence-electron chi connectivity index (χ3n) is 3.45. The number of ether oxygens (including phenoxy) is 3. The van der Waals surface area contributed by atoms with Crippen LogP contribution in [0.4, 0.5) is 17.6 Å². The number of aromatic nitrogens is 4. The molecule has 0 saturated heterocycles. The van der Waals surface area contributed by atoms with Crippen molar-refractivity contribution in [3.05, 3.63) is 36.5 Å². The minimum atomic E-state index is 0.209. The summed E-state index contributed by atoms with van der Waals surface area (Å²) < 4.78 is 17.4. The van der Waals surface area contributed by atoms with Crippen molar-refractivity contribution in [2.75, 3.05) is 32.4 Å². The van der Waals surface area contributed by atoms with Crippen LogP contribution in [0.15, 0.2) is 36.5 Å². The van der Waals surface area contributed by atoms with Gasteiger partial charge in [0, 0.05) is 18.3 Å². The fraction of sp³-hybridized carbons (Fsp3) is 0.188. The van der Waals surface area contributed by atoms with E-state index in [-0.39, 0.29) is 5.95 Å². The van der Waals surface area contributed by atoms with E-state index in [2.05, 4.69) is 20.4 Å². The SMILES string of the molecule is COc1cc(OC)c(OC)cc1Nc1nc(N)n(-c2ccccn2)n1. The molecule has 0 unspecified atom stereocenters. The quantitative estimate of drug-likeness (QED) is 0.700. The van der Waals surface area contributed by atoms with Gasteiger partial charge in [-0.05, 0) is 12.1 Å². The summed E-state index contributed by atoms with van der Waals surface area (Å²) in [7, 11) is 4.67. The largest absolute Gasteiger partial charge is 0.494 e. The highest BCUT2D eigenvalue weighted by atomic mass is 16.5. The van der Waals surface area contributed by atoms with Crippen molar-refractivity contribution in [3.63, 3.8) is 0 Å². The fourth-order valence-electron chi connectivity index (χ4n) is 2.27. The number of anilines is 3. The molecule has 0 aliphatic carbocycles. The highest BCUT2D eigenvalue weighted by Gasteiger charge is 2.15. The molecular weight excluding hydrogens is 324 g/mol. The number of benzene rings is 1. The van der Waals surface area contributed by atoms with Gasteiger partial charge in [-0.3, -0.25) is 0 Å². The Kier molecular flexibility index (Phi) is 4.55. The Morgan fingerprint density at radius 1 is 1.00 bits per heavy atom. The molecule has 0 amide bonds. The molecule has 1 aromatic carbocycles. The zero-order chi connectivity index (χ0) is 17.8. The van der Waals surface area contributed by atoms with Crippen molar-refractivity contribution >= 4 is 17.6 Å². The highest BCUT2D eigenvalue weighted by Crippen LogP contribution is 2.38. The summed E-state index contributed by atoms with van der Waals surface area (Å²) in [6, 6.07) is 8.87. The molecule has 0 spiro atoms. The van der Waals surface area contributed by atoms with E-state index in [0.717, 1.165) is 0 Å². The Labute approximate surface area is 144 Å². The molecule has 3 aromatic rings. The Balaban J connectivity index is 1.95. The Bertz CT molecular complexity index is 866. The number of nitrogen functional groups attached to an aromatic ring is 1. The average Bonchev–Trinajstić information content (AvgIpc) is 3.02. The van der Waals surface area contributed by atoms with Crippen LogP contribution in [0.25, 0.3) is 5.82 Å². The van der Waals surface area contributed by atoms with E-state index in [1.54, 1.807) is 45.7 Å². The summed E-state index contributed by atoms with van der Waals surface area (Å²) in [6.45, 7) is 0. The summed E-state index contributed by atoms with van der Waals surface area (Å²) in [5.41, 5.74) is 6.54. The maximum atomic E-state index is 5.93. The lowest BCUT2D eigenvalue weighted by atomic mass is 10.2. The first-order valence-corrected chi connectivity index (χ1v) is 7.37. The molecule has 0 radical (unpaired) electrons. The second-order valence-corrected chi connectivity index (χ2v) is 4.93. The van der Waals surface area contributed by atoms with Gasteiger partial charge < -0.3 is 25.3 Å². The molecule has 2 aromatic heterocycles. The van der Waals surface area contributed by atoms with E-state index in [1.165, 1.54) is 4.68 Å². The van der Waals surface area contributed by atoms with Crippen LogP contribution in [0.5, 0.6) is 17.2 Å². The normalized spacial score (nSPS) is 10.4. The third kappa shape index (κ3) is 3.25. The van der Waals surface area contributed by atoms with E-state index >= 15 is 0 Å². The summed E-state index contributed by atoms with van der Waals surface area (Å²) in [6.07, 6.45) is 1.65. The van der Waals surface area contributed by atoms with Crippen LogP contribution in [0.3, 0.4) is 0 Å². The van der Waals surface area contributed by atoms with Crippen molar-refractivity contribution in [2.45, 2.75) is 0 Å². The number of nitrogens with one attached hydrogen (secondary N) is 1. The van der Waals surface area contributed by atoms with Gasteiger partial charge >= 0.3 is 0 Å². The smallest absolute Gasteiger partial charge is 0.249 e. The van der Waals surface area contributed by atoms with Crippen LogP contribution in [0.1, 0.15) is 0 Å². The lowest BCUT2D eigenvalue weighted by Gasteiger charge is -2.13. The van der Waals surface area contributed by atoms with Gasteiger partial charge in [0.1, 0.15) is 5.75 Å². The highest BCUT2D eigenvalue weighted by molar-refractivity contribution is 5.68. The molecule has 3 N–H and O–H groups in total. The van der Waals surface area contributed by atoms with Crippen molar-refractivity contribution in [1.29, 1.82) is 0 Å². The van der Waals surface area contributed by atoms with E-state index in [1.807, 2.05) is 12.1 Å². The van der Waals surface area contributed by atoms with Gasteiger partial charge in [-0.15, -0.1) is 5.10 Å². The minimum Gasteiger partial charge on any atom is -0.494 e. The number of nitrogens with two attached hydrogens (primary N) is 1. The minimum absolute atomic E-state index is 0.209. The molecule has 0 aliphatic rings.